The molecule has 23 heavy (non-hydrogen) atoms. The van der Waals surface area contributed by atoms with Crippen molar-refractivity contribution < 1.29 is 13.9 Å². The Morgan fingerprint density at radius 2 is 2.35 bits per heavy atom. The summed E-state index contributed by atoms with van der Waals surface area (Å²) >= 11 is 5.76. The number of benzene rings is 1. The van der Waals surface area contributed by atoms with Gasteiger partial charge in [0.05, 0.1) is 11.6 Å². The fourth-order valence-electron chi connectivity index (χ4n) is 3.08. The molecule has 3 atom stereocenters. The standard InChI is InChI=1S/C16H23ClFN3O2/c1-21-6-5-11(8-20-16(22)14(19)9-23-2)15(21)10-3-4-12(17)13(18)7-10/h3-4,7,11,14-15H,5-6,8-9,19H2,1-2H3,(H,20,22). The summed E-state index contributed by atoms with van der Waals surface area (Å²) in [5.74, 6) is -0.462. The van der Waals surface area contributed by atoms with Gasteiger partial charge in [0.15, 0.2) is 0 Å². The third-order valence-corrected chi connectivity index (χ3v) is 4.59. The van der Waals surface area contributed by atoms with Crippen LogP contribution in [0.15, 0.2) is 18.2 Å². The van der Waals surface area contributed by atoms with Crippen LogP contribution in [0.25, 0.3) is 0 Å². The van der Waals surface area contributed by atoms with Crippen molar-refractivity contribution in [3.8, 4) is 0 Å². The van der Waals surface area contributed by atoms with Crippen LogP contribution in [0.1, 0.15) is 18.0 Å². The minimum absolute atomic E-state index is 0.0423. The van der Waals surface area contributed by atoms with Gasteiger partial charge in [0, 0.05) is 19.7 Å². The number of nitrogens with zero attached hydrogens (tertiary/aromatic N) is 1. The highest BCUT2D eigenvalue weighted by atomic mass is 35.5. The van der Waals surface area contributed by atoms with E-state index in [1.54, 1.807) is 6.07 Å². The number of hydrogen-bond donors (Lipinski definition) is 2. The van der Waals surface area contributed by atoms with Crippen molar-refractivity contribution in [2.24, 2.45) is 11.7 Å². The van der Waals surface area contributed by atoms with Crippen LogP contribution in [0, 0.1) is 11.7 Å². The largest absolute Gasteiger partial charge is 0.383 e. The number of rotatable bonds is 6. The Balaban J connectivity index is 2.03. The zero-order valence-electron chi connectivity index (χ0n) is 13.4. The molecule has 0 spiro atoms. The first-order valence-corrected chi connectivity index (χ1v) is 7.99. The summed E-state index contributed by atoms with van der Waals surface area (Å²) < 4.78 is 18.6. The second-order valence-electron chi connectivity index (χ2n) is 5.95. The van der Waals surface area contributed by atoms with E-state index in [-0.39, 0.29) is 29.5 Å². The first-order valence-electron chi connectivity index (χ1n) is 7.61. The molecule has 0 aliphatic carbocycles. The predicted octanol–water partition coefficient (Wildman–Crippen LogP) is 1.56. The smallest absolute Gasteiger partial charge is 0.239 e. The molecule has 0 saturated carbocycles. The van der Waals surface area contributed by atoms with E-state index >= 15 is 0 Å². The van der Waals surface area contributed by atoms with Crippen molar-refractivity contribution in [3.05, 3.63) is 34.6 Å². The number of hydrogen-bond acceptors (Lipinski definition) is 4. The molecule has 3 N–H and O–H groups in total. The molecule has 1 heterocycles. The first kappa shape index (κ1) is 18.1. The third kappa shape index (κ3) is 4.41. The third-order valence-electron chi connectivity index (χ3n) is 4.28. The molecule has 5 nitrogen and oxygen atoms in total. The minimum atomic E-state index is -0.675. The van der Waals surface area contributed by atoms with Crippen molar-refractivity contribution in [2.45, 2.75) is 18.5 Å². The van der Waals surface area contributed by atoms with Gasteiger partial charge in [0.1, 0.15) is 11.9 Å². The van der Waals surface area contributed by atoms with Crippen molar-refractivity contribution in [1.29, 1.82) is 0 Å². The molecule has 0 radical (unpaired) electrons. The van der Waals surface area contributed by atoms with Gasteiger partial charge in [-0.2, -0.15) is 0 Å². The number of carbonyl (C=O) groups is 1. The molecule has 1 aliphatic heterocycles. The Kier molecular flexibility index (Phi) is 6.35. The number of halogens is 2. The summed E-state index contributed by atoms with van der Waals surface area (Å²) in [7, 11) is 3.50. The molecule has 1 amide bonds. The van der Waals surface area contributed by atoms with Gasteiger partial charge in [-0.25, -0.2) is 4.39 Å². The Morgan fingerprint density at radius 1 is 1.61 bits per heavy atom. The van der Waals surface area contributed by atoms with Gasteiger partial charge < -0.3 is 15.8 Å². The lowest BCUT2D eigenvalue weighted by Gasteiger charge is -2.26. The highest BCUT2D eigenvalue weighted by Crippen LogP contribution is 2.36. The van der Waals surface area contributed by atoms with Gasteiger partial charge in [-0.1, -0.05) is 17.7 Å². The lowest BCUT2D eigenvalue weighted by molar-refractivity contribution is -0.123. The molecule has 1 aromatic carbocycles. The Labute approximate surface area is 140 Å². The summed E-state index contributed by atoms with van der Waals surface area (Å²) in [6.45, 7) is 1.57. The van der Waals surface area contributed by atoms with E-state index in [0.717, 1.165) is 18.5 Å². The van der Waals surface area contributed by atoms with Gasteiger partial charge in [0.2, 0.25) is 5.91 Å². The summed E-state index contributed by atoms with van der Waals surface area (Å²) in [4.78, 5) is 14.1. The van der Waals surface area contributed by atoms with Gasteiger partial charge in [-0.3, -0.25) is 9.69 Å². The van der Waals surface area contributed by atoms with Gasteiger partial charge >= 0.3 is 0 Å². The zero-order valence-corrected chi connectivity index (χ0v) is 14.1. The van der Waals surface area contributed by atoms with Crippen LogP contribution < -0.4 is 11.1 Å². The maximum atomic E-state index is 13.7. The van der Waals surface area contributed by atoms with Gasteiger partial charge in [-0.15, -0.1) is 0 Å². The summed E-state index contributed by atoms with van der Waals surface area (Å²) in [6.07, 6.45) is 0.922. The molecule has 1 aliphatic rings. The van der Waals surface area contributed by atoms with E-state index in [4.69, 9.17) is 22.1 Å². The molecule has 128 valence electrons. The van der Waals surface area contributed by atoms with E-state index in [2.05, 4.69) is 10.2 Å². The average molecular weight is 344 g/mol. The Hall–Kier alpha value is -1.21. The van der Waals surface area contributed by atoms with Crippen molar-refractivity contribution in [3.63, 3.8) is 0 Å². The fraction of sp³-hybridized carbons (Fsp3) is 0.562. The molecule has 3 unspecified atom stereocenters. The highest BCUT2D eigenvalue weighted by molar-refractivity contribution is 6.30. The fourth-order valence-corrected chi connectivity index (χ4v) is 3.20. The lowest BCUT2D eigenvalue weighted by Crippen LogP contribution is -2.45. The SMILES string of the molecule is COCC(N)C(=O)NCC1CCN(C)C1c1ccc(Cl)c(F)c1. The van der Waals surface area contributed by atoms with Gasteiger partial charge in [0.25, 0.3) is 0 Å². The molecular weight excluding hydrogens is 321 g/mol. The molecular formula is C16H23ClFN3O2. The predicted molar refractivity (Wildman–Crippen MR) is 87.7 cm³/mol. The molecule has 1 saturated heterocycles. The van der Waals surface area contributed by atoms with Crippen LogP contribution in [0.2, 0.25) is 5.02 Å². The highest BCUT2D eigenvalue weighted by Gasteiger charge is 2.33. The second-order valence-corrected chi connectivity index (χ2v) is 6.36. The Bertz CT molecular complexity index is 558. The topological polar surface area (TPSA) is 67.6 Å². The number of amides is 1. The summed E-state index contributed by atoms with van der Waals surface area (Å²) in [5, 5.41) is 2.98. The molecule has 1 fully saturated rings. The van der Waals surface area contributed by atoms with Crippen molar-refractivity contribution in [2.75, 3.05) is 33.9 Å². The van der Waals surface area contributed by atoms with Crippen LogP contribution in [0.3, 0.4) is 0 Å². The molecule has 2 rings (SSSR count). The summed E-state index contributed by atoms with van der Waals surface area (Å²) in [5.41, 5.74) is 6.58. The number of likely N-dealkylation sites (tertiary alicyclic amines) is 1. The number of methoxy groups -OCH3 is 1. The maximum absolute atomic E-state index is 13.7. The Morgan fingerprint density at radius 3 is 3.00 bits per heavy atom. The first-order chi connectivity index (χ1) is 10.9. The van der Waals surface area contributed by atoms with Crippen molar-refractivity contribution in [1.82, 2.24) is 10.2 Å². The average Bonchev–Trinajstić information content (AvgIpc) is 2.89. The van der Waals surface area contributed by atoms with Crippen LogP contribution >= 0.6 is 11.6 Å². The lowest BCUT2D eigenvalue weighted by atomic mass is 9.93. The van der Waals surface area contributed by atoms with E-state index in [0.29, 0.717) is 6.54 Å². The zero-order chi connectivity index (χ0) is 17.0. The molecule has 1 aromatic rings. The normalized spacial score (nSPS) is 23.0. The molecule has 0 aromatic heterocycles. The quantitative estimate of drug-likeness (QED) is 0.822. The van der Waals surface area contributed by atoms with Crippen molar-refractivity contribution >= 4 is 17.5 Å². The summed E-state index contributed by atoms with van der Waals surface area (Å²) in [6, 6.07) is 4.25. The minimum Gasteiger partial charge on any atom is -0.383 e. The number of nitrogens with two attached hydrogens (primary N) is 1. The van der Waals surface area contributed by atoms with E-state index in [1.807, 2.05) is 13.1 Å². The molecule has 7 heteroatoms. The monoisotopic (exact) mass is 343 g/mol. The van der Waals surface area contributed by atoms with Crippen LogP contribution in [0.5, 0.6) is 0 Å². The second kappa shape index (κ2) is 8.06. The van der Waals surface area contributed by atoms with Crippen LogP contribution in [-0.2, 0) is 9.53 Å². The van der Waals surface area contributed by atoms with Crippen LogP contribution in [-0.4, -0.2) is 50.7 Å². The number of nitrogens with one attached hydrogen (secondary N) is 1. The number of carbonyl (C=O) groups excluding carboxylic acids is 1. The van der Waals surface area contributed by atoms with E-state index < -0.39 is 11.9 Å². The van der Waals surface area contributed by atoms with Gasteiger partial charge in [-0.05, 0) is 43.6 Å². The maximum Gasteiger partial charge on any atom is 0.239 e. The molecule has 0 bridgehead atoms. The van der Waals surface area contributed by atoms with Crippen LogP contribution in [0.4, 0.5) is 4.39 Å². The number of ether oxygens (including phenoxy) is 1. The van der Waals surface area contributed by atoms with E-state index in [1.165, 1.54) is 13.2 Å². The van der Waals surface area contributed by atoms with E-state index in [9.17, 15) is 9.18 Å².